The molecule has 0 bridgehead atoms. The van der Waals surface area contributed by atoms with Crippen LogP contribution < -0.4 is 0 Å². The van der Waals surface area contributed by atoms with E-state index >= 15 is 0 Å². The SMILES string of the molecule is CC1CN(Cc2ccc(C#N)o2)C(C)(C)CO1. The Bertz CT molecular complexity index is 431. The molecule has 1 aliphatic heterocycles. The van der Waals surface area contributed by atoms with E-state index < -0.39 is 0 Å². The predicted octanol–water partition coefficient (Wildman–Crippen LogP) is 2.15. The topological polar surface area (TPSA) is 49.4 Å². The highest BCUT2D eigenvalue weighted by Gasteiger charge is 2.33. The Morgan fingerprint density at radius 1 is 1.53 bits per heavy atom. The Morgan fingerprint density at radius 3 is 2.94 bits per heavy atom. The standard InChI is InChI=1S/C13H18N2O2/c1-10-7-15(13(2,3)9-16-10)8-12-5-4-11(6-14)17-12/h4-5,10H,7-9H2,1-3H3. The Morgan fingerprint density at radius 2 is 2.29 bits per heavy atom. The summed E-state index contributed by atoms with van der Waals surface area (Å²) in [5.41, 5.74) is 0.00606. The number of rotatable bonds is 2. The molecule has 17 heavy (non-hydrogen) atoms. The van der Waals surface area contributed by atoms with Crippen molar-refractivity contribution in [3.05, 3.63) is 23.7 Å². The Hall–Kier alpha value is -1.31. The van der Waals surface area contributed by atoms with Crippen molar-refractivity contribution in [2.24, 2.45) is 0 Å². The number of hydrogen-bond acceptors (Lipinski definition) is 4. The smallest absolute Gasteiger partial charge is 0.203 e. The van der Waals surface area contributed by atoms with Crippen molar-refractivity contribution in [2.45, 2.75) is 39.0 Å². The molecule has 1 aromatic rings. The molecule has 4 heteroatoms. The van der Waals surface area contributed by atoms with E-state index in [0.29, 0.717) is 5.76 Å². The minimum Gasteiger partial charge on any atom is -0.449 e. The second kappa shape index (κ2) is 4.52. The summed E-state index contributed by atoms with van der Waals surface area (Å²) in [5, 5.41) is 8.72. The first-order chi connectivity index (χ1) is 8.01. The van der Waals surface area contributed by atoms with Gasteiger partial charge >= 0.3 is 0 Å². The van der Waals surface area contributed by atoms with Gasteiger partial charge in [0.05, 0.1) is 19.3 Å². The Kier molecular flexibility index (Phi) is 3.23. The van der Waals surface area contributed by atoms with Crippen LogP contribution in [0.1, 0.15) is 32.3 Å². The number of morpholine rings is 1. The summed E-state index contributed by atoms with van der Waals surface area (Å²) in [6.45, 7) is 8.73. The molecule has 0 saturated carbocycles. The zero-order valence-corrected chi connectivity index (χ0v) is 10.6. The van der Waals surface area contributed by atoms with E-state index in [1.54, 1.807) is 6.07 Å². The maximum atomic E-state index is 8.72. The zero-order chi connectivity index (χ0) is 12.5. The first-order valence-electron chi connectivity index (χ1n) is 5.87. The lowest BCUT2D eigenvalue weighted by Crippen LogP contribution is -2.54. The van der Waals surface area contributed by atoms with E-state index in [4.69, 9.17) is 14.4 Å². The zero-order valence-electron chi connectivity index (χ0n) is 10.6. The molecule has 0 aromatic carbocycles. The third kappa shape index (κ3) is 2.68. The molecule has 2 heterocycles. The molecule has 1 atom stereocenters. The lowest BCUT2D eigenvalue weighted by atomic mass is 10.0. The highest BCUT2D eigenvalue weighted by Crippen LogP contribution is 2.24. The van der Waals surface area contributed by atoms with Crippen molar-refractivity contribution in [1.29, 1.82) is 5.26 Å². The molecule has 1 aromatic heterocycles. The van der Waals surface area contributed by atoms with Gasteiger partial charge in [-0.1, -0.05) is 0 Å². The van der Waals surface area contributed by atoms with Gasteiger partial charge < -0.3 is 9.15 Å². The molecule has 0 N–H and O–H groups in total. The summed E-state index contributed by atoms with van der Waals surface area (Å²) in [7, 11) is 0. The molecule has 0 amide bonds. The first kappa shape index (κ1) is 12.2. The van der Waals surface area contributed by atoms with Crippen LogP contribution in [0, 0.1) is 11.3 Å². The van der Waals surface area contributed by atoms with Crippen LogP contribution in [-0.2, 0) is 11.3 Å². The van der Waals surface area contributed by atoms with Crippen LogP contribution in [0.2, 0.25) is 0 Å². The van der Waals surface area contributed by atoms with Gasteiger partial charge in [0, 0.05) is 12.1 Å². The van der Waals surface area contributed by atoms with Gasteiger partial charge in [-0.05, 0) is 32.9 Å². The second-order valence-corrected chi connectivity index (χ2v) is 5.19. The molecule has 1 aliphatic rings. The monoisotopic (exact) mass is 234 g/mol. The van der Waals surface area contributed by atoms with Crippen LogP contribution >= 0.6 is 0 Å². The van der Waals surface area contributed by atoms with Gasteiger partial charge in [-0.3, -0.25) is 4.90 Å². The molecule has 1 saturated heterocycles. The van der Waals surface area contributed by atoms with Crippen molar-refractivity contribution in [3.63, 3.8) is 0 Å². The van der Waals surface area contributed by atoms with E-state index in [2.05, 4.69) is 25.7 Å². The molecule has 1 fully saturated rings. The van der Waals surface area contributed by atoms with E-state index in [9.17, 15) is 0 Å². The lowest BCUT2D eigenvalue weighted by Gasteiger charge is -2.44. The van der Waals surface area contributed by atoms with Crippen LogP contribution in [0.15, 0.2) is 16.5 Å². The average Bonchev–Trinajstić information content (AvgIpc) is 2.72. The van der Waals surface area contributed by atoms with Crippen LogP contribution in [-0.4, -0.2) is 29.7 Å². The molecule has 4 nitrogen and oxygen atoms in total. The summed E-state index contributed by atoms with van der Waals surface area (Å²) in [4.78, 5) is 2.33. The van der Waals surface area contributed by atoms with E-state index in [1.807, 2.05) is 12.1 Å². The van der Waals surface area contributed by atoms with Crippen molar-refractivity contribution in [2.75, 3.05) is 13.2 Å². The van der Waals surface area contributed by atoms with Crippen LogP contribution in [0.3, 0.4) is 0 Å². The summed E-state index contributed by atoms with van der Waals surface area (Å²) < 4.78 is 11.1. The Balaban J connectivity index is 2.08. The van der Waals surface area contributed by atoms with Crippen molar-refractivity contribution < 1.29 is 9.15 Å². The van der Waals surface area contributed by atoms with Crippen molar-refractivity contribution >= 4 is 0 Å². The van der Waals surface area contributed by atoms with E-state index in [0.717, 1.165) is 25.5 Å². The van der Waals surface area contributed by atoms with Crippen LogP contribution in [0.25, 0.3) is 0 Å². The molecule has 1 unspecified atom stereocenters. The second-order valence-electron chi connectivity index (χ2n) is 5.19. The molecule has 0 aliphatic carbocycles. The van der Waals surface area contributed by atoms with Gasteiger partial charge in [-0.25, -0.2) is 0 Å². The van der Waals surface area contributed by atoms with E-state index in [-0.39, 0.29) is 11.6 Å². The molecule has 0 spiro atoms. The molecular formula is C13H18N2O2. The van der Waals surface area contributed by atoms with Gasteiger partial charge in [-0.15, -0.1) is 0 Å². The third-order valence-corrected chi connectivity index (χ3v) is 3.17. The summed E-state index contributed by atoms with van der Waals surface area (Å²) >= 11 is 0. The minimum absolute atomic E-state index is 0.00606. The number of nitrogens with zero attached hydrogens (tertiary/aromatic N) is 2. The maximum absolute atomic E-state index is 8.72. The summed E-state index contributed by atoms with van der Waals surface area (Å²) in [6.07, 6.45) is 0.244. The fraction of sp³-hybridized carbons (Fsp3) is 0.615. The highest BCUT2D eigenvalue weighted by atomic mass is 16.5. The fourth-order valence-corrected chi connectivity index (χ4v) is 2.04. The highest BCUT2D eigenvalue weighted by molar-refractivity contribution is 5.19. The lowest BCUT2D eigenvalue weighted by molar-refractivity contribution is -0.0967. The molecule has 2 rings (SSSR count). The summed E-state index contributed by atoms with van der Waals surface area (Å²) in [5.74, 6) is 1.21. The fourth-order valence-electron chi connectivity index (χ4n) is 2.04. The summed E-state index contributed by atoms with van der Waals surface area (Å²) in [6, 6.07) is 5.59. The third-order valence-electron chi connectivity index (χ3n) is 3.17. The number of ether oxygens (including phenoxy) is 1. The van der Waals surface area contributed by atoms with Crippen LogP contribution in [0.5, 0.6) is 0 Å². The van der Waals surface area contributed by atoms with Crippen LogP contribution in [0.4, 0.5) is 0 Å². The predicted molar refractivity (Wildman–Crippen MR) is 63.3 cm³/mol. The first-order valence-corrected chi connectivity index (χ1v) is 5.87. The van der Waals surface area contributed by atoms with Gasteiger partial charge in [0.15, 0.2) is 0 Å². The molecular weight excluding hydrogens is 216 g/mol. The van der Waals surface area contributed by atoms with Gasteiger partial charge in [0.1, 0.15) is 11.8 Å². The quantitative estimate of drug-likeness (QED) is 0.786. The average molecular weight is 234 g/mol. The number of nitriles is 1. The van der Waals surface area contributed by atoms with Gasteiger partial charge in [0.25, 0.3) is 0 Å². The van der Waals surface area contributed by atoms with Crippen molar-refractivity contribution in [3.8, 4) is 6.07 Å². The van der Waals surface area contributed by atoms with Gasteiger partial charge in [0.2, 0.25) is 5.76 Å². The Labute approximate surface area is 102 Å². The van der Waals surface area contributed by atoms with E-state index in [1.165, 1.54) is 0 Å². The number of hydrogen-bond donors (Lipinski definition) is 0. The van der Waals surface area contributed by atoms with Gasteiger partial charge in [-0.2, -0.15) is 5.26 Å². The number of furan rings is 1. The molecule has 92 valence electrons. The largest absolute Gasteiger partial charge is 0.449 e. The maximum Gasteiger partial charge on any atom is 0.203 e. The minimum atomic E-state index is 0.00606. The normalized spacial score (nSPS) is 24.5. The molecule has 0 radical (unpaired) electrons. The van der Waals surface area contributed by atoms with Crippen molar-refractivity contribution in [1.82, 2.24) is 4.90 Å².